The van der Waals surface area contributed by atoms with Crippen LogP contribution >= 0.6 is 0 Å². The van der Waals surface area contributed by atoms with Crippen molar-refractivity contribution in [2.24, 2.45) is 0 Å². The van der Waals surface area contributed by atoms with Crippen LogP contribution in [0.3, 0.4) is 0 Å². The van der Waals surface area contributed by atoms with E-state index in [1.54, 1.807) is 20.8 Å². The van der Waals surface area contributed by atoms with Crippen LogP contribution in [0.5, 0.6) is 0 Å². The second kappa shape index (κ2) is 6.92. The fourth-order valence-corrected chi connectivity index (χ4v) is 2.87. The van der Waals surface area contributed by atoms with Crippen LogP contribution in [0.2, 0.25) is 18.1 Å². The van der Waals surface area contributed by atoms with Crippen molar-refractivity contribution in [2.75, 3.05) is 0 Å². The fourth-order valence-electron chi connectivity index (χ4n) is 1.51. The number of rotatable bonds is 6. The van der Waals surface area contributed by atoms with Crippen LogP contribution in [0.4, 0.5) is 0 Å². The van der Waals surface area contributed by atoms with Crippen molar-refractivity contribution in [1.29, 1.82) is 0 Å². The molecule has 0 amide bonds. The average molecular weight is 318 g/mol. The molecule has 0 unspecified atom stereocenters. The molecule has 0 heterocycles. The second-order valence-electron chi connectivity index (χ2n) is 7.89. The minimum absolute atomic E-state index is 0.0317. The molecule has 0 radical (unpaired) electrons. The van der Waals surface area contributed by atoms with Crippen molar-refractivity contribution in [2.45, 2.75) is 84.2 Å². The number of carbonyl (C=O) groups excluding carboxylic acids is 1. The molecule has 1 N–H and O–H groups in total. The number of ether oxygens (including phenoxy) is 1. The molecular weight excluding hydrogens is 288 g/mol. The van der Waals surface area contributed by atoms with Gasteiger partial charge in [-0.2, -0.15) is 0 Å². The van der Waals surface area contributed by atoms with Gasteiger partial charge in [0.15, 0.2) is 8.32 Å². The molecule has 0 bridgehead atoms. The van der Waals surface area contributed by atoms with Crippen LogP contribution < -0.4 is 0 Å². The summed E-state index contributed by atoms with van der Waals surface area (Å²) >= 11 is 0. The molecule has 0 saturated carbocycles. The highest BCUT2D eigenvalue weighted by atomic mass is 28.4. The molecule has 0 aliphatic heterocycles. The van der Waals surface area contributed by atoms with Gasteiger partial charge in [-0.1, -0.05) is 20.8 Å². The molecule has 0 spiro atoms. The molecule has 5 nitrogen and oxygen atoms in total. The zero-order valence-corrected chi connectivity index (χ0v) is 15.6. The van der Waals surface area contributed by atoms with E-state index in [1.807, 2.05) is 13.1 Å². The Kier molecular flexibility index (Phi) is 6.63. The van der Waals surface area contributed by atoms with Gasteiger partial charge in [0.1, 0.15) is 5.60 Å². The largest absolute Gasteiger partial charge is 0.481 e. The number of carboxylic acid groups (broad SMARTS) is 1. The molecule has 0 aliphatic rings. The maximum absolute atomic E-state index is 11.9. The Morgan fingerprint density at radius 3 is 1.86 bits per heavy atom. The van der Waals surface area contributed by atoms with Gasteiger partial charge >= 0.3 is 11.9 Å². The summed E-state index contributed by atoms with van der Waals surface area (Å²) in [4.78, 5) is 22.9. The van der Waals surface area contributed by atoms with E-state index in [1.165, 1.54) is 0 Å². The topological polar surface area (TPSA) is 72.8 Å². The van der Waals surface area contributed by atoms with Gasteiger partial charge in [0.25, 0.3) is 0 Å². The Morgan fingerprint density at radius 1 is 1.05 bits per heavy atom. The highest BCUT2D eigenvalue weighted by Gasteiger charge is 2.40. The summed E-state index contributed by atoms with van der Waals surface area (Å²) in [5.41, 5.74) is -0.582. The zero-order chi connectivity index (χ0) is 17.1. The van der Waals surface area contributed by atoms with E-state index in [4.69, 9.17) is 14.3 Å². The summed E-state index contributed by atoms with van der Waals surface area (Å²) in [6, 6.07) is 0. The van der Waals surface area contributed by atoms with Crippen molar-refractivity contribution < 1.29 is 23.9 Å². The highest BCUT2D eigenvalue weighted by Crippen LogP contribution is 2.38. The summed E-state index contributed by atoms with van der Waals surface area (Å²) in [7, 11) is -2.13. The number of carbonyl (C=O) groups is 2. The highest BCUT2D eigenvalue weighted by molar-refractivity contribution is 6.74. The SMILES string of the molecule is CC(C)(C)OC(=O)C[C@H](CC(=O)O)O[Si](C)(C)C(C)(C)C. The predicted octanol–water partition coefficient (Wildman–Crippen LogP) is 3.58. The zero-order valence-electron chi connectivity index (χ0n) is 14.6. The Balaban J connectivity index is 4.90. The van der Waals surface area contributed by atoms with Crippen molar-refractivity contribution in [1.82, 2.24) is 0 Å². The molecule has 0 aromatic carbocycles. The maximum Gasteiger partial charge on any atom is 0.308 e. The molecule has 6 heteroatoms. The third-order valence-electron chi connectivity index (χ3n) is 3.48. The van der Waals surface area contributed by atoms with Crippen LogP contribution in [0.25, 0.3) is 0 Å². The number of carboxylic acids is 1. The van der Waals surface area contributed by atoms with Gasteiger partial charge in [0.05, 0.1) is 18.9 Å². The predicted molar refractivity (Wildman–Crippen MR) is 84.8 cm³/mol. The molecule has 0 aliphatic carbocycles. The van der Waals surface area contributed by atoms with Crippen LogP contribution in [0.1, 0.15) is 54.4 Å². The van der Waals surface area contributed by atoms with Crippen LogP contribution in [-0.4, -0.2) is 37.1 Å². The van der Waals surface area contributed by atoms with E-state index in [0.717, 1.165) is 0 Å². The van der Waals surface area contributed by atoms with Crippen LogP contribution in [0.15, 0.2) is 0 Å². The molecule has 0 rings (SSSR count). The minimum atomic E-state index is -2.13. The standard InChI is InChI=1S/C15H30O5Si/c1-14(2,3)19-13(18)10-11(9-12(16)17)20-21(7,8)15(4,5)6/h11H,9-10H2,1-8H3,(H,16,17)/t11-/m0/s1. The molecule has 21 heavy (non-hydrogen) atoms. The minimum Gasteiger partial charge on any atom is -0.481 e. The van der Waals surface area contributed by atoms with Gasteiger partial charge < -0.3 is 14.3 Å². The first-order valence-electron chi connectivity index (χ1n) is 7.25. The van der Waals surface area contributed by atoms with E-state index in [0.29, 0.717) is 0 Å². The van der Waals surface area contributed by atoms with E-state index >= 15 is 0 Å². The summed E-state index contributed by atoms with van der Waals surface area (Å²) in [6.07, 6.45) is -0.861. The number of hydrogen-bond donors (Lipinski definition) is 1. The van der Waals surface area contributed by atoms with Gasteiger partial charge in [-0.05, 0) is 38.9 Å². The van der Waals surface area contributed by atoms with Crippen molar-refractivity contribution in [3.05, 3.63) is 0 Å². The summed E-state index contributed by atoms with van der Waals surface area (Å²) in [5, 5.41) is 8.97. The Hall–Kier alpha value is -0.883. The molecule has 0 aromatic rings. The number of esters is 1. The quantitative estimate of drug-likeness (QED) is 0.598. The Morgan fingerprint density at radius 2 is 1.52 bits per heavy atom. The first-order valence-corrected chi connectivity index (χ1v) is 10.2. The third-order valence-corrected chi connectivity index (χ3v) is 8.02. The third kappa shape index (κ3) is 8.21. The van der Waals surface area contributed by atoms with E-state index in [2.05, 4.69) is 20.8 Å². The monoisotopic (exact) mass is 318 g/mol. The lowest BCUT2D eigenvalue weighted by molar-refractivity contribution is -0.157. The van der Waals surface area contributed by atoms with Gasteiger partial charge in [0, 0.05) is 0 Å². The van der Waals surface area contributed by atoms with Crippen molar-refractivity contribution in [3.63, 3.8) is 0 Å². The number of aliphatic carboxylic acids is 1. The van der Waals surface area contributed by atoms with E-state index in [-0.39, 0.29) is 17.9 Å². The lowest BCUT2D eigenvalue weighted by Gasteiger charge is -2.39. The van der Waals surface area contributed by atoms with E-state index in [9.17, 15) is 9.59 Å². The van der Waals surface area contributed by atoms with Crippen LogP contribution in [0, 0.1) is 0 Å². The first kappa shape index (κ1) is 20.1. The Labute approximate surface area is 129 Å². The lowest BCUT2D eigenvalue weighted by atomic mass is 10.1. The molecule has 0 saturated heterocycles. The molecular formula is C15H30O5Si. The molecule has 0 fully saturated rings. The fraction of sp³-hybridized carbons (Fsp3) is 0.867. The smallest absolute Gasteiger partial charge is 0.308 e. The molecule has 0 aromatic heterocycles. The first-order chi connectivity index (χ1) is 9.14. The second-order valence-corrected chi connectivity index (χ2v) is 12.6. The summed E-state index contributed by atoms with van der Waals surface area (Å²) < 4.78 is 11.3. The van der Waals surface area contributed by atoms with Crippen LogP contribution in [-0.2, 0) is 18.8 Å². The normalized spacial score (nSPS) is 14.7. The Bertz CT molecular complexity index is 377. The van der Waals surface area contributed by atoms with E-state index < -0.39 is 32.0 Å². The van der Waals surface area contributed by atoms with Gasteiger partial charge in [0.2, 0.25) is 0 Å². The van der Waals surface area contributed by atoms with Gasteiger partial charge in [-0.3, -0.25) is 9.59 Å². The summed E-state index contributed by atoms with van der Waals surface area (Å²) in [5.74, 6) is -1.39. The lowest BCUT2D eigenvalue weighted by Crippen LogP contribution is -2.45. The average Bonchev–Trinajstić information content (AvgIpc) is 2.08. The van der Waals surface area contributed by atoms with Crippen molar-refractivity contribution >= 4 is 20.3 Å². The molecule has 124 valence electrons. The summed E-state index contributed by atoms with van der Waals surface area (Å²) in [6.45, 7) is 15.6. The van der Waals surface area contributed by atoms with Gasteiger partial charge in [-0.15, -0.1) is 0 Å². The van der Waals surface area contributed by atoms with Crippen molar-refractivity contribution in [3.8, 4) is 0 Å². The van der Waals surface area contributed by atoms with Gasteiger partial charge in [-0.25, -0.2) is 0 Å². The maximum atomic E-state index is 11.9. The number of hydrogen-bond acceptors (Lipinski definition) is 4. The molecule has 1 atom stereocenters.